The van der Waals surface area contributed by atoms with Gasteiger partial charge in [-0.15, -0.1) is 0 Å². The smallest absolute Gasteiger partial charge is 0.221 e. The van der Waals surface area contributed by atoms with Gasteiger partial charge in [0, 0.05) is 36.5 Å². The molecule has 176 valence electrons. The molecule has 0 atom stereocenters. The van der Waals surface area contributed by atoms with Gasteiger partial charge in [-0.05, 0) is 55.8 Å². The highest BCUT2D eigenvalue weighted by atomic mass is 16.5. The Bertz CT molecular complexity index is 1410. The standard InChI is InChI=1S/C27H25N5O3/c1-4-34-26-13-23-22(12-24(26)31-18(3)33)27(19(14-28)15-30-23)32-20-8-9-25(17(2)11-20)35-16-21-7-5-6-10-29-21/h5-13,15H,4,16H2,1-3H3,(H,30,32)(H,31,33). The first kappa shape index (κ1) is 23.5. The molecule has 2 aromatic heterocycles. The van der Waals surface area contributed by atoms with E-state index in [9.17, 15) is 10.1 Å². The summed E-state index contributed by atoms with van der Waals surface area (Å²) in [5.74, 6) is 1.04. The molecule has 0 saturated heterocycles. The number of nitrogens with zero attached hydrogens (tertiary/aromatic N) is 3. The predicted octanol–water partition coefficient (Wildman–Crippen LogP) is 5.49. The Labute approximate surface area is 203 Å². The van der Waals surface area contributed by atoms with Crippen molar-refractivity contribution in [1.82, 2.24) is 9.97 Å². The van der Waals surface area contributed by atoms with E-state index in [1.54, 1.807) is 18.3 Å². The van der Waals surface area contributed by atoms with E-state index < -0.39 is 0 Å². The van der Waals surface area contributed by atoms with Crippen LogP contribution >= 0.6 is 0 Å². The summed E-state index contributed by atoms with van der Waals surface area (Å²) in [5, 5.41) is 16.6. The Morgan fingerprint density at radius 3 is 2.63 bits per heavy atom. The van der Waals surface area contributed by atoms with E-state index in [4.69, 9.17) is 9.47 Å². The molecule has 2 aromatic carbocycles. The van der Waals surface area contributed by atoms with Crippen molar-refractivity contribution < 1.29 is 14.3 Å². The van der Waals surface area contributed by atoms with Gasteiger partial charge in [0.2, 0.25) is 5.91 Å². The first-order chi connectivity index (χ1) is 17.0. The highest BCUT2D eigenvalue weighted by Crippen LogP contribution is 2.36. The van der Waals surface area contributed by atoms with Gasteiger partial charge in [0.15, 0.2) is 0 Å². The van der Waals surface area contributed by atoms with Crippen molar-refractivity contribution in [2.45, 2.75) is 27.4 Å². The van der Waals surface area contributed by atoms with Gasteiger partial charge in [-0.1, -0.05) is 6.07 Å². The Balaban J connectivity index is 1.67. The van der Waals surface area contributed by atoms with Gasteiger partial charge < -0.3 is 20.1 Å². The molecule has 8 nitrogen and oxygen atoms in total. The lowest BCUT2D eigenvalue weighted by Crippen LogP contribution is -2.08. The van der Waals surface area contributed by atoms with Crippen LogP contribution in [-0.2, 0) is 11.4 Å². The second kappa shape index (κ2) is 10.5. The minimum Gasteiger partial charge on any atom is -0.492 e. The number of carbonyl (C=O) groups excluding carboxylic acids is 1. The molecule has 0 aliphatic heterocycles. The Kier molecular flexibility index (Phi) is 7.07. The van der Waals surface area contributed by atoms with Crippen LogP contribution in [0.2, 0.25) is 0 Å². The fourth-order valence-electron chi connectivity index (χ4n) is 3.67. The number of hydrogen-bond donors (Lipinski definition) is 2. The van der Waals surface area contributed by atoms with Crippen LogP contribution in [0.15, 0.2) is 60.9 Å². The van der Waals surface area contributed by atoms with Crippen molar-refractivity contribution in [3.05, 3.63) is 77.7 Å². The molecular formula is C27H25N5O3. The number of aromatic nitrogens is 2. The maximum atomic E-state index is 11.8. The van der Waals surface area contributed by atoms with Crippen molar-refractivity contribution in [1.29, 1.82) is 5.26 Å². The summed E-state index contributed by atoms with van der Waals surface area (Å²) < 4.78 is 11.6. The summed E-state index contributed by atoms with van der Waals surface area (Å²) in [6.07, 6.45) is 3.26. The number of fused-ring (bicyclic) bond motifs is 1. The molecule has 2 heterocycles. The second-order valence-corrected chi connectivity index (χ2v) is 7.85. The number of ether oxygens (including phenoxy) is 2. The molecule has 4 aromatic rings. The third-order valence-corrected chi connectivity index (χ3v) is 5.25. The van der Waals surface area contributed by atoms with Crippen LogP contribution in [0.3, 0.4) is 0 Å². The predicted molar refractivity (Wildman–Crippen MR) is 135 cm³/mol. The van der Waals surface area contributed by atoms with Crippen molar-refractivity contribution >= 4 is 33.9 Å². The van der Waals surface area contributed by atoms with Crippen molar-refractivity contribution in [3.8, 4) is 17.6 Å². The van der Waals surface area contributed by atoms with Crippen LogP contribution in [-0.4, -0.2) is 22.5 Å². The van der Waals surface area contributed by atoms with Gasteiger partial charge in [-0.25, -0.2) is 0 Å². The molecule has 0 spiro atoms. The number of benzene rings is 2. The summed E-state index contributed by atoms with van der Waals surface area (Å²) >= 11 is 0. The molecular weight excluding hydrogens is 442 g/mol. The zero-order valence-electron chi connectivity index (χ0n) is 19.8. The van der Waals surface area contributed by atoms with Crippen molar-refractivity contribution in [2.75, 3.05) is 17.2 Å². The first-order valence-electron chi connectivity index (χ1n) is 11.2. The molecule has 0 aliphatic rings. The summed E-state index contributed by atoms with van der Waals surface area (Å²) in [4.78, 5) is 20.5. The fraction of sp³-hybridized carbons (Fsp3) is 0.185. The van der Waals surface area contributed by atoms with E-state index in [1.165, 1.54) is 13.1 Å². The second-order valence-electron chi connectivity index (χ2n) is 7.85. The molecule has 0 fully saturated rings. The molecule has 0 saturated carbocycles. The van der Waals surface area contributed by atoms with Crippen molar-refractivity contribution in [2.24, 2.45) is 0 Å². The number of rotatable bonds is 8. The molecule has 2 N–H and O–H groups in total. The van der Waals surface area contributed by atoms with E-state index in [0.29, 0.717) is 46.8 Å². The van der Waals surface area contributed by atoms with Gasteiger partial charge >= 0.3 is 0 Å². The van der Waals surface area contributed by atoms with E-state index in [0.717, 1.165) is 22.7 Å². The molecule has 0 bridgehead atoms. The zero-order chi connectivity index (χ0) is 24.8. The quantitative estimate of drug-likeness (QED) is 0.353. The Morgan fingerprint density at radius 2 is 1.94 bits per heavy atom. The zero-order valence-corrected chi connectivity index (χ0v) is 19.8. The van der Waals surface area contributed by atoms with E-state index in [1.807, 2.05) is 50.2 Å². The van der Waals surface area contributed by atoms with Gasteiger partial charge in [0.1, 0.15) is 24.2 Å². The molecule has 35 heavy (non-hydrogen) atoms. The molecule has 8 heteroatoms. The number of hydrogen-bond acceptors (Lipinski definition) is 7. The number of carbonyl (C=O) groups is 1. The third-order valence-electron chi connectivity index (χ3n) is 5.25. The number of nitrogens with one attached hydrogen (secondary N) is 2. The lowest BCUT2D eigenvalue weighted by Gasteiger charge is -2.16. The molecule has 1 amide bonds. The molecule has 4 rings (SSSR count). The number of amides is 1. The number of pyridine rings is 2. The number of nitriles is 1. The Morgan fingerprint density at radius 1 is 1.09 bits per heavy atom. The summed E-state index contributed by atoms with van der Waals surface area (Å²) in [5.41, 5.74) is 4.68. The fourth-order valence-corrected chi connectivity index (χ4v) is 3.67. The maximum absolute atomic E-state index is 11.8. The SMILES string of the molecule is CCOc1cc2ncc(C#N)c(Nc3ccc(OCc4ccccn4)c(C)c3)c2cc1NC(C)=O. The summed E-state index contributed by atoms with van der Waals surface area (Å²) in [6.45, 7) is 6.07. The number of anilines is 3. The van der Waals surface area contributed by atoms with E-state index >= 15 is 0 Å². The van der Waals surface area contributed by atoms with Crippen LogP contribution in [0.25, 0.3) is 10.9 Å². The maximum Gasteiger partial charge on any atom is 0.221 e. The van der Waals surface area contributed by atoms with Crippen LogP contribution in [0.5, 0.6) is 11.5 Å². The largest absolute Gasteiger partial charge is 0.492 e. The first-order valence-corrected chi connectivity index (χ1v) is 11.2. The molecule has 0 radical (unpaired) electrons. The third kappa shape index (κ3) is 5.47. The minimum absolute atomic E-state index is 0.221. The van der Waals surface area contributed by atoms with Crippen LogP contribution < -0.4 is 20.1 Å². The lowest BCUT2D eigenvalue weighted by molar-refractivity contribution is -0.114. The topological polar surface area (TPSA) is 109 Å². The summed E-state index contributed by atoms with van der Waals surface area (Å²) in [7, 11) is 0. The Hall–Kier alpha value is -4.64. The lowest BCUT2D eigenvalue weighted by atomic mass is 10.1. The normalized spacial score (nSPS) is 10.5. The highest BCUT2D eigenvalue weighted by Gasteiger charge is 2.15. The van der Waals surface area contributed by atoms with Gasteiger partial charge in [0.05, 0.1) is 34.8 Å². The van der Waals surface area contributed by atoms with E-state index in [2.05, 4.69) is 26.7 Å². The van der Waals surface area contributed by atoms with Gasteiger partial charge in [-0.3, -0.25) is 14.8 Å². The molecule has 0 unspecified atom stereocenters. The average molecular weight is 468 g/mol. The number of aryl methyl sites for hydroxylation is 1. The summed E-state index contributed by atoms with van der Waals surface area (Å²) in [6, 6.07) is 17.1. The van der Waals surface area contributed by atoms with Crippen LogP contribution in [0.1, 0.15) is 30.7 Å². The van der Waals surface area contributed by atoms with Crippen LogP contribution in [0.4, 0.5) is 17.1 Å². The highest BCUT2D eigenvalue weighted by molar-refractivity contribution is 6.01. The van der Waals surface area contributed by atoms with Crippen LogP contribution in [0, 0.1) is 18.3 Å². The average Bonchev–Trinajstić information content (AvgIpc) is 2.85. The van der Waals surface area contributed by atoms with E-state index in [-0.39, 0.29) is 5.91 Å². The monoisotopic (exact) mass is 467 g/mol. The minimum atomic E-state index is -0.221. The molecule has 0 aliphatic carbocycles. The van der Waals surface area contributed by atoms with Gasteiger partial charge in [0.25, 0.3) is 0 Å². The van der Waals surface area contributed by atoms with Gasteiger partial charge in [-0.2, -0.15) is 5.26 Å². The van der Waals surface area contributed by atoms with Crippen molar-refractivity contribution in [3.63, 3.8) is 0 Å².